The SMILES string of the molecule is COCCOCCNc1nc(C)ccc1C(N)=S. The van der Waals surface area contributed by atoms with Crippen molar-refractivity contribution in [1.82, 2.24) is 4.98 Å². The normalized spacial score (nSPS) is 10.3. The van der Waals surface area contributed by atoms with Crippen LogP contribution in [-0.2, 0) is 9.47 Å². The maximum Gasteiger partial charge on any atom is 0.136 e. The Morgan fingerprint density at radius 3 is 2.83 bits per heavy atom. The van der Waals surface area contributed by atoms with Gasteiger partial charge in [-0.05, 0) is 19.1 Å². The van der Waals surface area contributed by atoms with E-state index in [9.17, 15) is 0 Å². The van der Waals surface area contributed by atoms with E-state index in [4.69, 9.17) is 27.4 Å². The van der Waals surface area contributed by atoms with Crippen molar-refractivity contribution >= 4 is 23.0 Å². The summed E-state index contributed by atoms with van der Waals surface area (Å²) in [5, 5.41) is 3.17. The molecule has 1 rings (SSSR count). The van der Waals surface area contributed by atoms with Crippen molar-refractivity contribution in [3.05, 3.63) is 23.4 Å². The largest absolute Gasteiger partial charge is 0.389 e. The van der Waals surface area contributed by atoms with Gasteiger partial charge in [0.05, 0.1) is 25.4 Å². The number of rotatable bonds is 8. The fourth-order valence-corrected chi connectivity index (χ4v) is 1.54. The third kappa shape index (κ3) is 4.95. The molecule has 0 unspecified atom stereocenters. The van der Waals surface area contributed by atoms with Gasteiger partial charge in [-0.3, -0.25) is 0 Å². The van der Waals surface area contributed by atoms with Gasteiger partial charge in [0, 0.05) is 19.3 Å². The summed E-state index contributed by atoms with van der Waals surface area (Å²) in [6, 6.07) is 3.76. The molecular weight excluding hydrogens is 250 g/mol. The molecule has 0 bridgehead atoms. The summed E-state index contributed by atoms with van der Waals surface area (Å²) in [5.74, 6) is 0.706. The van der Waals surface area contributed by atoms with Crippen LogP contribution >= 0.6 is 12.2 Å². The van der Waals surface area contributed by atoms with Gasteiger partial charge in [0.2, 0.25) is 0 Å². The standard InChI is InChI=1S/C12H19N3O2S/c1-9-3-4-10(11(13)18)12(15-9)14-5-6-17-8-7-16-2/h3-4H,5-8H2,1-2H3,(H2,13,18)(H,14,15). The lowest BCUT2D eigenvalue weighted by atomic mass is 10.2. The van der Waals surface area contributed by atoms with Crippen LogP contribution in [0.15, 0.2) is 12.1 Å². The molecule has 0 fully saturated rings. The third-order valence-corrected chi connectivity index (χ3v) is 2.49. The van der Waals surface area contributed by atoms with E-state index >= 15 is 0 Å². The Kier molecular flexibility index (Phi) is 6.56. The lowest BCUT2D eigenvalue weighted by Gasteiger charge is -2.11. The molecule has 1 aromatic heterocycles. The van der Waals surface area contributed by atoms with Crippen LogP contribution < -0.4 is 11.1 Å². The van der Waals surface area contributed by atoms with Gasteiger partial charge in [0.15, 0.2) is 0 Å². The van der Waals surface area contributed by atoms with Crippen LogP contribution in [-0.4, -0.2) is 43.4 Å². The average molecular weight is 269 g/mol. The molecule has 0 saturated heterocycles. The highest BCUT2D eigenvalue weighted by atomic mass is 32.1. The summed E-state index contributed by atoms with van der Waals surface area (Å²) in [4.78, 5) is 4.71. The van der Waals surface area contributed by atoms with Crippen LogP contribution in [0.25, 0.3) is 0 Å². The number of methoxy groups -OCH3 is 1. The summed E-state index contributed by atoms with van der Waals surface area (Å²) in [6.07, 6.45) is 0. The number of pyridine rings is 1. The summed E-state index contributed by atoms with van der Waals surface area (Å²) in [7, 11) is 1.65. The van der Waals surface area contributed by atoms with Crippen LogP contribution in [0, 0.1) is 6.92 Å². The second-order valence-corrected chi connectivity index (χ2v) is 4.18. The predicted octanol–water partition coefficient (Wildman–Crippen LogP) is 1.10. The first-order valence-electron chi connectivity index (χ1n) is 5.73. The van der Waals surface area contributed by atoms with Crippen LogP contribution in [0.2, 0.25) is 0 Å². The van der Waals surface area contributed by atoms with Crippen molar-refractivity contribution in [2.75, 3.05) is 38.8 Å². The molecule has 0 saturated carbocycles. The molecule has 1 aromatic rings. The van der Waals surface area contributed by atoms with Gasteiger partial charge in [-0.25, -0.2) is 4.98 Å². The first kappa shape index (κ1) is 14.8. The van der Waals surface area contributed by atoms with Gasteiger partial charge in [-0.1, -0.05) is 12.2 Å². The van der Waals surface area contributed by atoms with E-state index in [1.54, 1.807) is 7.11 Å². The highest BCUT2D eigenvalue weighted by Gasteiger charge is 2.06. The van der Waals surface area contributed by atoms with Crippen molar-refractivity contribution in [2.45, 2.75) is 6.92 Å². The number of aryl methyl sites for hydroxylation is 1. The summed E-state index contributed by atoms with van der Waals surface area (Å²) in [6.45, 7) is 4.33. The van der Waals surface area contributed by atoms with E-state index in [0.717, 1.165) is 11.3 Å². The Morgan fingerprint density at radius 2 is 2.17 bits per heavy atom. The molecule has 5 nitrogen and oxygen atoms in total. The second kappa shape index (κ2) is 7.97. The molecule has 0 aliphatic rings. The minimum absolute atomic E-state index is 0.338. The van der Waals surface area contributed by atoms with Crippen molar-refractivity contribution in [1.29, 1.82) is 0 Å². The Hall–Kier alpha value is -1.24. The predicted molar refractivity (Wildman–Crippen MR) is 76.0 cm³/mol. The number of ether oxygens (including phenoxy) is 2. The molecule has 0 aromatic carbocycles. The van der Waals surface area contributed by atoms with Crippen LogP contribution in [0.1, 0.15) is 11.3 Å². The van der Waals surface area contributed by atoms with Gasteiger partial charge in [-0.15, -0.1) is 0 Å². The maximum atomic E-state index is 5.64. The molecule has 3 N–H and O–H groups in total. The van der Waals surface area contributed by atoms with Gasteiger partial charge in [-0.2, -0.15) is 0 Å². The van der Waals surface area contributed by atoms with Crippen molar-refractivity contribution in [2.24, 2.45) is 5.73 Å². The van der Waals surface area contributed by atoms with Gasteiger partial charge >= 0.3 is 0 Å². The first-order valence-corrected chi connectivity index (χ1v) is 6.14. The van der Waals surface area contributed by atoms with Crippen LogP contribution in [0.5, 0.6) is 0 Å². The maximum absolute atomic E-state index is 5.64. The Morgan fingerprint density at radius 1 is 1.39 bits per heavy atom. The zero-order valence-electron chi connectivity index (χ0n) is 10.7. The summed E-state index contributed by atoms with van der Waals surface area (Å²) in [5.41, 5.74) is 7.31. The lowest BCUT2D eigenvalue weighted by molar-refractivity contribution is 0.0759. The van der Waals surface area contributed by atoms with Gasteiger partial charge in [0.25, 0.3) is 0 Å². The van der Waals surface area contributed by atoms with Crippen LogP contribution in [0.4, 0.5) is 5.82 Å². The van der Waals surface area contributed by atoms with Crippen LogP contribution in [0.3, 0.4) is 0 Å². The molecule has 0 aliphatic heterocycles. The monoisotopic (exact) mass is 269 g/mol. The van der Waals surface area contributed by atoms with Gasteiger partial charge < -0.3 is 20.5 Å². The number of thiocarbonyl (C=S) groups is 1. The van der Waals surface area contributed by atoms with Crippen molar-refractivity contribution in [3.63, 3.8) is 0 Å². The second-order valence-electron chi connectivity index (χ2n) is 3.74. The fraction of sp³-hybridized carbons (Fsp3) is 0.500. The fourth-order valence-electron chi connectivity index (χ4n) is 1.38. The van der Waals surface area contributed by atoms with E-state index in [1.807, 2.05) is 19.1 Å². The minimum atomic E-state index is 0.338. The summed E-state index contributed by atoms with van der Waals surface area (Å²) < 4.78 is 10.2. The molecular formula is C12H19N3O2S. The molecule has 18 heavy (non-hydrogen) atoms. The number of hydrogen-bond acceptors (Lipinski definition) is 5. The highest BCUT2D eigenvalue weighted by Crippen LogP contribution is 2.12. The number of nitrogens with one attached hydrogen (secondary N) is 1. The number of nitrogens with two attached hydrogens (primary N) is 1. The topological polar surface area (TPSA) is 69.4 Å². The molecule has 100 valence electrons. The Bertz CT molecular complexity index is 399. The number of aromatic nitrogens is 1. The molecule has 1 heterocycles. The molecule has 0 atom stereocenters. The van der Waals surface area contributed by atoms with Gasteiger partial charge in [0.1, 0.15) is 10.8 Å². The number of hydrogen-bond donors (Lipinski definition) is 2. The molecule has 0 radical (unpaired) electrons. The molecule has 0 spiro atoms. The van der Waals surface area contributed by atoms with E-state index in [2.05, 4.69) is 10.3 Å². The zero-order chi connectivity index (χ0) is 13.4. The smallest absolute Gasteiger partial charge is 0.136 e. The van der Waals surface area contributed by atoms with Crippen molar-refractivity contribution < 1.29 is 9.47 Å². The number of nitrogens with zero attached hydrogens (tertiary/aromatic N) is 1. The number of anilines is 1. The zero-order valence-corrected chi connectivity index (χ0v) is 11.5. The van der Waals surface area contributed by atoms with E-state index < -0.39 is 0 Å². The third-order valence-electron chi connectivity index (χ3n) is 2.27. The highest BCUT2D eigenvalue weighted by molar-refractivity contribution is 7.80. The molecule has 0 aliphatic carbocycles. The average Bonchev–Trinajstić information content (AvgIpc) is 2.33. The Labute approximate surface area is 113 Å². The van der Waals surface area contributed by atoms with E-state index in [1.165, 1.54) is 0 Å². The lowest BCUT2D eigenvalue weighted by Crippen LogP contribution is -2.18. The quantitative estimate of drug-likeness (QED) is 0.544. The summed E-state index contributed by atoms with van der Waals surface area (Å²) >= 11 is 4.98. The minimum Gasteiger partial charge on any atom is -0.389 e. The molecule has 6 heteroatoms. The first-order chi connectivity index (χ1) is 8.65. The van der Waals surface area contributed by atoms with E-state index in [-0.39, 0.29) is 0 Å². The van der Waals surface area contributed by atoms with Crippen molar-refractivity contribution in [3.8, 4) is 0 Å². The Balaban J connectivity index is 2.45. The molecule has 0 amide bonds. The van der Waals surface area contributed by atoms with E-state index in [0.29, 0.717) is 37.2 Å².